The van der Waals surface area contributed by atoms with Crippen LogP contribution in [0, 0.1) is 0 Å². The zero-order chi connectivity index (χ0) is 11.4. The highest BCUT2D eigenvalue weighted by molar-refractivity contribution is 8.00. The van der Waals surface area contributed by atoms with Gasteiger partial charge in [-0.2, -0.15) is 11.8 Å². The molecule has 0 radical (unpaired) electrons. The van der Waals surface area contributed by atoms with Gasteiger partial charge in [0.2, 0.25) is 0 Å². The molecule has 1 aliphatic carbocycles. The van der Waals surface area contributed by atoms with Gasteiger partial charge in [-0.15, -0.1) is 0 Å². The molecule has 0 aliphatic heterocycles. The van der Waals surface area contributed by atoms with Crippen LogP contribution in [0.3, 0.4) is 0 Å². The van der Waals surface area contributed by atoms with Gasteiger partial charge >= 0.3 is 0 Å². The topological polar surface area (TPSA) is 26.0 Å². The molecule has 0 saturated heterocycles. The van der Waals surface area contributed by atoms with Gasteiger partial charge in [0.15, 0.2) is 0 Å². The van der Waals surface area contributed by atoms with Gasteiger partial charge in [-0.25, -0.2) is 0 Å². The van der Waals surface area contributed by atoms with Gasteiger partial charge in [0, 0.05) is 16.2 Å². The van der Waals surface area contributed by atoms with Crippen LogP contribution in [-0.4, -0.2) is 5.25 Å². The van der Waals surface area contributed by atoms with Gasteiger partial charge in [0.05, 0.1) is 0 Å². The first-order valence-electron chi connectivity index (χ1n) is 6.26. The smallest absolute Gasteiger partial charge is 0.0314 e. The van der Waals surface area contributed by atoms with E-state index in [0.29, 0.717) is 5.25 Å². The van der Waals surface area contributed by atoms with Gasteiger partial charge in [0.1, 0.15) is 0 Å². The quantitative estimate of drug-likeness (QED) is 0.786. The van der Waals surface area contributed by atoms with Crippen molar-refractivity contribution in [1.82, 2.24) is 0 Å². The Morgan fingerprint density at radius 2 is 1.75 bits per heavy atom. The first kappa shape index (κ1) is 11.8. The third-order valence-electron chi connectivity index (χ3n) is 3.35. The van der Waals surface area contributed by atoms with Crippen LogP contribution in [-0.2, 0) is 0 Å². The van der Waals surface area contributed by atoms with Crippen LogP contribution in [0.25, 0.3) is 0 Å². The summed E-state index contributed by atoms with van der Waals surface area (Å²) in [7, 11) is 0. The molecule has 0 spiro atoms. The highest BCUT2D eigenvalue weighted by Crippen LogP contribution is 2.38. The molecule has 1 aromatic carbocycles. The lowest BCUT2D eigenvalue weighted by Gasteiger charge is -2.24. The number of benzene rings is 1. The Hall–Kier alpha value is -0.630. The lowest BCUT2D eigenvalue weighted by molar-refractivity contribution is 0.515. The summed E-state index contributed by atoms with van der Waals surface area (Å²) in [5.41, 5.74) is 7.97. The monoisotopic (exact) mass is 235 g/mol. The summed E-state index contributed by atoms with van der Waals surface area (Å²) in [6.45, 7) is 2.31. The van der Waals surface area contributed by atoms with E-state index in [0.717, 1.165) is 10.9 Å². The predicted octanol–water partition coefficient (Wildman–Crippen LogP) is 4.40. The second-order valence-electron chi connectivity index (χ2n) is 4.70. The van der Waals surface area contributed by atoms with Crippen LogP contribution in [0.4, 0.5) is 5.69 Å². The molecule has 0 heterocycles. The number of hydrogen-bond acceptors (Lipinski definition) is 2. The van der Waals surface area contributed by atoms with Gasteiger partial charge in [-0.3, -0.25) is 0 Å². The summed E-state index contributed by atoms with van der Waals surface area (Å²) < 4.78 is 0. The van der Waals surface area contributed by atoms with Crippen LogP contribution < -0.4 is 5.73 Å². The summed E-state index contributed by atoms with van der Waals surface area (Å²) >= 11 is 2.14. The maximum absolute atomic E-state index is 5.70. The Morgan fingerprint density at radius 1 is 1.12 bits per heavy atom. The second kappa shape index (κ2) is 5.62. The molecule has 1 unspecified atom stereocenters. The summed E-state index contributed by atoms with van der Waals surface area (Å²) in [4.78, 5) is 0. The number of hydrogen-bond donors (Lipinski definition) is 1. The van der Waals surface area contributed by atoms with Crippen LogP contribution in [0.1, 0.15) is 49.8 Å². The molecule has 1 aromatic rings. The molecule has 1 saturated carbocycles. The minimum atomic E-state index is 0.601. The summed E-state index contributed by atoms with van der Waals surface area (Å²) in [6, 6.07) is 8.34. The van der Waals surface area contributed by atoms with Crippen molar-refractivity contribution in [1.29, 1.82) is 0 Å². The molecular formula is C14H21NS. The maximum atomic E-state index is 5.70. The second-order valence-corrected chi connectivity index (χ2v) is 6.35. The van der Waals surface area contributed by atoms with Crippen molar-refractivity contribution >= 4 is 17.4 Å². The third kappa shape index (κ3) is 3.18. The van der Waals surface area contributed by atoms with Crippen molar-refractivity contribution in [2.24, 2.45) is 0 Å². The van der Waals surface area contributed by atoms with E-state index in [4.69, 9.17) is 5.73 Å². The van der Waals surface area contributed by atoms with Crippen molar-refractivity contribution in [3.05, 3.63) is 29.8 Å². The zero-order valence-electron chi connectivity index (χ0n) is 9.99. The number of anilines is 1. The average molecular weight is 235 g/mol. The third-order valence-corrected chi connectivity index (χ3v) is 4.89. The van der Waals surface area contributed by atoms with E-state index in [1.54, 1.807) is 0 Å². The predicted molar refractivity (Wildman–Crippen MR) is 73.7 cm³/mol. The minimum absolute atomic E-state index is 0.601. The largest absolute Gasteiger partial charge is 0.399 e. The Morgan fingerprint density at radius 3 is 2.38 bits per heavy atom. The standard InChI is InChI=1S/C14H21NS/c1-11(12-7-9-13(15)10-8-12)16-14-5-3-2-4-6-14/h7-11,14H,2-6,15H2,1H3. The summed E-state index contributed by atoms with van der Waals surface area (Å²) in [6.07, 6.45) is 7.10. The highest BCUT2D eigenvalue weighted by Gasteiger charge is 2.17. The summed E-state index contributed by atoms with van der Waals surface area (Å²) in [5.74, 6) is 0. The number of rotatable bonds is 3. The first-order chi connectivity index (χ1) is 7.75. The van der Waals surface area contributed by atoms with Crippen LogP contribution in [0.5, 0.6) is 0 Å². The van der Waals surface area contributed by atoms with Crippen LogP contribution in [0.15, 0.2) is 24.3 Å². The first-order valence-corrected chi connectivity index (χ1v) is 7.21. The molecular weight excluding hydrogens is 214 g/mol. The maximum Gasteiger partial charge on any atom is 0.0314 e. The molecule has 88 valence electrons. The Kier molecular flexibility index (Phi) is 4.16. The molecule has 2 N–H and O–H groups in total. The molecule has 1 atom stereocenters. The highest BCUT2D eigenvalue weighted by atomic mass is 32.2. The van der Waals surface area contributed by atoms with E-state index < -0.39 is 0 Å². The van der Waals surface area contributed by atoms with Gasteiger partial charge < -0.3 is 5.73 Å². The van der Waals surface area contributed by atoms with E-state index in [9.17, 15) is 0 Å². The Bertz CT molecular complexity index is 314. The molecule has 2 heteroatoms. The molecule has 16 heavy (non-hydrogen) atoms. The number of nitrogens with two attached hydrogens (primary N) is 1. The number of nitrogen functional groups attached to an aromatic ring is 1. The van der Waals surface area contributed by atoms with Gasteiger partial charge in [0.25, 0.3) is 0 Å². The lowest BCUT2D eigenvalue weighted by atomic mass is 10.0. The van der Waals surface area contributed by atoms with E-state index in [1.807, 2.05) is 12.1 Å². The van der Waals surface area contributed by atoms with E-state index in [-0.39, 0.29) is 0 Å². The zero-order valence-corrected chi connectivity index (χ0v) is 10.8. The minimum Gasteiger partial charge on any atom is -0.399 e. The van der Waals surface area contributed by atoms with Crippen LogP contribution in [0.2, 0.25) is 0 Å². The fourth-order valence-electron chi connectivity index (χ4n) is 2.34. The molecule has 1 fully saturated rings. The lowest BCUT2D eigenvalue weighted by Crippen LogP contribution is -2.09. The molecule has 0 amide bonds. The van der Waals surface area contributed by atoms with Crippen molar-refractivity contribution in [3.63, 3.8) is 0 Å². The fourth-order valence-corrected chi connectivity index (χ4v) is 3.83. The molecule has 1 nitrogen and oxygen atoms in total. The van der Waals surface area contributed by atoms with Crippen molar-refractivity contribution < 1.29 is 0 Å². The van der Waals surface area contributed by atoms with E-state index in [2.05, 4.69) is 30.8 Å². The normalized spacial score (nSPS) is 19.6. The van der Waals surface area contributed by atoms with Crippen molar-refractivity contribution in [2.75, 3.05) is 5.73 Å². The molecule has 0 aromatic heterocycles. The van der Waals surface area contributed by atoms with Crippen molar-refractivity contribution in [2.45, 2.75) is 49.5 Å². The SMILES string of the molecule is CC(SC1CCCCC1)c1ccc(N)cc1. The Labute approximate surface area is 103 Å². The summed E-state index contributed by atoms with van der Waals surface area (Å²) in [5, 5.41) is 1.48. The molecule has 1 aliphatic rings. The Balaban J connectivity index is 1.91. The van der Waals surface area contributed by atoms with Crippen LogP contribution >= 0.6 is 11.8 Å². The van der Waals surface area contributed by atoms with E-state index in [1.165, 1.54) is 37.7 Å². The average Bonchev–Trinajstić information content (AvgIpc) is 2.31. The van der Waals surface area contributed by atoms with Gasteiger partial charge in [-0.1, -0.05) is 31.4 Å². The molecule has 2 rings (SSSR count). The van der Waals surface area contributed by atoms with Crippen molar-refractivity contribution in [3.8, 4) is 0 Å². The van der Waals surface area contributed by atoms with E-state index >= 15 is 0 Å². The molecule has 0 bridgehead atoms. The number of thioether (sulfide) groups is 1. The fraction of sp³-hybridized carbons (Fsp3) is 0.571. The van der Waals surface area contributed by atoms with Gasteiger partial charge in [-0.05, 0) is 37.5 Å².